The van der Waals surface area contributed by atoms with Gasteiger partial charge < -0.3 is 4.90 Å². The van der Waals surface area contributed by atoms with Crippen molar-refractivity contribution in [2.45, 2.75) is 48.0 Å². The van der Waals surface area contributed by atoms with Gasteiger partial charge in [-0.05, 0) is 25.2 Å². The van der Waals surface area contributed by atoms with Gasteiger partial charge in [-0.25, -0.2) is 0 Å². The van der Waals surface area contributed by atoms with Gasteiger partial charge in [0.1, 0.15) is 0 Å². The Kier molecular flexibility index (Phi) is 5.17. The van der Waals surface area contributed by atoms with Crippen LogP contribution >= 0.6 is 0 Å². The molecule has 14 heavy (non-hydrogen) atoms. The molecule has 2 nitrogen and oxygen atoms in total. The van der Waals surface area contributed by atoms with E-state index in [1.807, 2.05) is 18.7 Å². The molecule has 0 rings (SSSR count). The smallest absolute Gasteiger partial charge is 0.222 e. The molecule has 1 atom stereocenters. The summed E-state index contributed by atoms with van der Waals surface area (Å²) in [6.07, 6.45) is 0.672. The van der Waals surface area contributed by atoms with Crippen LogP contribution < -0.4 is 0 Å². The van der Waals surface area contributed by atoms with Gasteiger partial charge in [0.25, 0.3) is 0 Å². The van der Waals surface area contributed by atoms with Crippen LogP contribution in [0.5, 0.6) is 0 Å². The summed E-state index contributed by atoms with van der Waals surface area (Å²) in [5, 5.41) is 0. The molecule has 0 radical (unpaired) electrons. The molecule has 0 spiro atoms. The molecule has 0 N–H and O–H groups in total. The molecule has 0 saturated heterocycles. The topological polar surface area (TPSA) is 20.3 Å². The van der Waals surface area contributed by atoms with Gasteiger partial charge >= 0.3 is 0 Å². The Morgan fingerprint density at radius 2 is 1.64 bits per heavy atom. The van der Waals surface area contributed by atoms with Crippen molar-refractivity contribution in [3.05, 3.63) is 0 Å². The van der Waals surface area contributed by atoms with Crippen molar-refractivity contribution in [2.24, 2.45) is 11.3 Å². The van der Waals surface area contributed by atoms with Gasteiger partial charge in [-0.3, -0.25) is 4.79 Å². The van der Waals surface area contributed by atoms with Gasteiger partial charge in [-0.15, -0.1) is 0 Å². The third-order valence-electron chi connectivity index (χ3n) is 3.08. The third kappa shape index (κ3) is 4.12. The van der Waals surface area contributed by atoms with E-state index >= 15 is 0 Å². The minimum atomic E-state index is 0.225. The zero-order valence-electron chi connectivity index (χ0n) is 10.6. The quantitative estimate of drug-likeness (QED) is 0.681. The fourth-order valence-electron chi connectivity index (χ4n) is 1.27. The second-order valence-electron chi connectivity index (χ2n) is 5.04. The molecule has 0 heterocycles. The minimum absolute atomic E-state index is 0.225. The largest absolute Gasteiger partial charge is 0.343 e. The summed E-state index contributed by atoms with van der Waals surface area (Å²) in [5.41, 5.74) is 0.225. The molecule has 0 bridgehead atoms. The van der Waals surface area contributed by atoms with Crippen LogP contribution in [0.15, 0.2) is 0 Å². The highest BCUT2D eigenvalue weighted by Crippen LogP contribution is 2.28. The highest BCUT2D eigenvalue weighted by atomic mass is 16.2. The zero-order valence-corrected chi connectivity index (χ0v) is 10.6. The van der Waals surface area contributed by atoms with Crippen LogP contribution in [0.3, 0.4) is 0 Å². The van der Waals surface area contributed by atoms with E-state index in [1.54, 1.807) is 0 Å². The van der Waals surface area contributed by atoms with Crippen molar-refractivity contribution in [1.29, 1.82) is 0 Å². The number of carbonyl (C=O) groups is 1. The van der Waals surface area contributed by atoms with Crippen molar-refractivity contribution in [1.82, 2.24) is 4.90 Å². The van der Waals surface area contributed by atoms with E-state index in [0.29, 0.717) is 12.3 Å². The first-order valence-corrected chi connectivity index (χ1v) is 5.60. The Labute approximate surface area is 88.7 Å². The SMILES string of the molecule is CCN(CC)C(=O)CC(C)C(C)(C)C. The molecule has 0 aromatic heterocycles. The molecule has 0 saturated carbocycles. The maximum atomic E-state index is 11.8. The lowest BCUT2D eigenvalue weighted by atomic mass is 9.80. The summed E-state index contributed by atoms with van der Waals surface area (Å²) in [4.78, 5) is 13.7. The van der Waals surface area contributed by atoms with Crippen molar-refractivity contribution >= 4 is 5.91 Å². The average molecular weight is 199 g/mol. The van der Waals surface area contributed by atoms with Gasteiger partial charge in [0, 0.05) is 19.5 Å². The molecule has 0 aromatic rings. The summed E-state index contributed by atoms with van der Waals surface area (Å²) in [7, 11) is 0. The number of amides is 1. The van der Waals surface area contributed by atoms with E-state index in [-0.39, 0.29) is 11.3 Å². The Morgan fingerprint density at radius 1 is 1.21 bits per heavy atom. The molecule has 84 valence electrons. The highest BCUT2D eigenvalue weighted by Gasteiger charge is 2.23. The average Bonchev–Trinajstić information content (AvgIpc) is 2.04. The maximum absolute atomic E-state index is 11.8. The predicted molar refractivity (Wildman–Crippen MR) is 61.2 cm³/mol. The van der Waals surface area contributed by atoms with Gasteiger partial charge in [-0.1, -0.05) is 27.7 Å². The molecule has 0 fully saturated rings. The predicted octanol–water partition coefficient (Wildman–Crippen LogP) is 2.93. The molecule has 2 heteroatoms. The van der Waals surface area contributed by atoms with Crippen LogP contribution in [0, 0.1) is 11.3 Å². The molecule has 0 aliphatic heterocycles. The highest BCUT2D eigenvalue weighted by molar-refractivity contribution is 5.76. The monoisotopic (exact) mass is 199 g/mol. The van der Waals surface area contributed by atoms with E-state index in [4.69, 9.17) is 0 Å². The Balaban J connectivity index is 4.18. The number of rotatable bonds is 4. The summed E-state index contributed by atoms with van der Waals surface area (Å²) in [6.45, 7) is 14.4. The van der Waals surface area contributed by atoms with Crippen LogP contribution in [0.2, 0.25) is 0 Å². The first kappa shape index (κ1) is 13.5. The van der Waals surface area contributed by atoms with E-state index in [0.717, 1.165) is 13.1 Å². The standard InChI is InChI=1S/C12H25NO/c1-7-13(8-2)11(14)9-10(3)12(4,5)6/h10H,7-9H2,1-6H3. The van der Waals surface area contributed by atoms with Crippen LogP contribution in [-0.4, -0.2) is 23.9 Å². The Bertz CT molecular complexity index is 177. The van der Waals surface area contributed by atoms with Gasteiger partial charge in [0.2, 0.25) is 5.91 Å². The fourth-order valence-corrected chi connectivity index (χ4v) is 1.27. The van der Waals surface area contributed by atoms with Crippen LogP contribution in [0.1, 0.15) is 48.0 Å². The fraction of sp³-hybridized carbons (Fsp3) is 0.917. The maximum Gasteiger partial charge on any atom is 0.222 e. The lowest BCUT2D eigenvalue weighted by Gasteiger charge is -2.29. The molecular weight excluding hydrogens is 174 g/mol. The number of carbonyl (C=O) groups excluding carboxylic acids is 1. The normalized spacial score (nSPS) is 13.9. The van der Waals surface area contributed by atoms with E-state index in [9.17, 15) is 4.79 Å². The number of hydrogen-bond acceptors (Lipinski definition) is 1. The lowest BCUT2D eigenvalue weighted by Crippen LogP contribution is -2.33. The molecule has 0 aliphatic carbocycles. The van der Waals surface area contributed by atoms with E-state index in [1.165, 1.54) is 0 Å². The van der Waals surface area contributed by atoms with Crippen molar-refractivity contribution < 1.29 is 4.79 Å². The van der Waals surface area contributed by atoms with E-state index in [2.05, 4.69) is 27.7 Å². The molecule has 1 amide bonds. The lowest BCUT2D eigenvalue weighted by molar-refractivity contribution is -0.132. The molecular formula is C12H25NO. The summed E-state index contributed by atoms with van der Waals surface area (Å²) in [6, 6.07) is 0. The van der Waals surface area contributed by atoms with Crippen molar-refractivity contribution in [3.63, 3.8) is 0 Å². The second-order valence-corrected chi connectivity index (χ2v) is 5.04. The van der Waals surface area contributed by atoms with Crippen molar-refractivity contribution in [2.75, 3.05) is 13.1 Å². The Hall–Kier alpha value is -0.530. The zero-order chi connectivity index (χ0) is 11.4. The van der Waals surface area contributed by atoms with E-state index < -0.39 is 0 Å². The summed E-state index contributed by atoms with van der Waals surface area (Å²) < 4.78 is 0. The second kappa shape index (κ2) is 5.38. The molecule has 0 aliphatic rings. The molecule has 1 unspecified atom stereocenters. The molecule has 0 aromatic carbocycles. The number of hydrogen-bond donors (Lipinski definition) is 0. The minimum Gasteiger partial charge on any atom is -0.343 e. The van der Waals surface area contributed by atoms with Crippen molar-refractivity contribution in [3.8, 4) is 0 Å². The summed E-state index contributed by atoms with van der Waals surface area (Å²) in [5.74, 6) is 0.730. The van der Waals surface area contributed by atoms with Gasteiger partial charge in [0.05, 0.1) is 0 Å². The van der Waals surface area contributed by atoms with Gasteiger partial charge in [-0.2, -0.15) is 0 Å². The first-order chi connectivity index (χ1) is 6.32. The van der Waals surface area contributed by atoms with Crippen LogP contribution in [0.4, 0.5) is 0 Å². The summed E-state index contributed by atoms with van der Waals surface area (Å²) >= 11 is 0. The third-order valence-corrected chi connectivity index (χ3v) is 3.08. The first-order valence-electron chi connectivity index (χ1n) is 5.60. The van der Waals surface area contributed by atoms with Crippen LogP contribution in [-0.2, 0) is 4.79 Å². The van der Waals surface area contributed by atoms with Gasteiger partial charge in [0.15, 0.2) is 0 Å². The van der Waals surface area contributed by atoms with Crippen LogP contribution in [0.25, 0.3) is 0 Å². The Morgan fingerprint density at radius 3 is 1.93 bits per heavy atom. The number of nitrogens with zero attached hydrogens (tertiary/aromatic N) is 1.